The summed E-state index contributed by atoms with van der Waals surface area (Å²) < 4.78 is 5.24. The quantitative estimate of drug-likeness (QED) is 0.854. The third kappa shape index (κ3) is 2.12. The molecule has 1 N–H and O–H groups in total. The first kappa shape index (κ1) is 10.8. The summed E-state index contributed by atoms with van der Waals surface area (Å²) in [5.41, 5.74) is 0.975. The van der Waals surface area contributed by atoms with E-state index >= 15 is 0 Å². The van der Waals surface area contributed by atoms with Crippen molar-refractivity contribution in [3.8, 4) is 11.4 Å². The Balaban J connectivity index is 2.26. The summed E-state index contributed by atoms with van der Waals surface area (Å²) >= 11 is 0. The van der Waals surface area contributed by atoms with Crippen LogP contribution in [-0.4, -0.2) is 17.2 Å². The molecule has 84 valence electrons. The third-order valence-electron chi connectivity index (χ3n) is 2.53. The number of rotatable bonds is 4. The molecule has 0 bridgehead atoms. The number of benzene rings is 1. The lowest BCUT2D eigenvalue weighted by Gasteiger charge is -2.06. The second-order valence-electron chi connectivity index (χ2n) is 3.57. The van der Waals surface area contributed by atoms with Crippen molar-refractivity contribution in [3.05, 3.63) is 36.2 Å². The molecular formula is C12H15N3O. The Morgan fingerprint density at radius 3 is 2.69 bits per heavy atom. The average molecular weight is 217 g/mol. The largest absolute Gasteiger partial charge is 0.337 e. The minimum absolute atomic E-state index is 0.130. The molecule has 4 heteroatoms. The summed E-state index contributed by atoms with van der Waals surface area (Å²) in [4.78, 5) is 4.38. The van der Waals surface area contributed by atoms with Crippen molar-refractivity contribution in [2.24, 2.45) is 0 Å². The van der Waals surface area contributed by atoms with Crippen molar-refractivity contribution in [1.82, 2.24) is 15.5 Å². The van der Waals surface area contributed by atoms with E-state index < -0.39 is 0 Å². The van der Waals surface area contributed by atoms with E-state index in [0.29, 0.717) is 11.7 Å². The predicted molar refractivity (Wildman–Crippen MR) is 61.8 cm³/mol. The van der Waals surface area contributed by atoms with Gasteiger partial charge in [0.25, 0.3) is 0 Å². The normalized spacial score (nSPS) is 12.6. The first-order valence-electron chi connectivity index (χ1n) is 5.41. The topological polar surface area (TPSA) is 51.0 Å². The monoisotopic (exact) mass is 217 g/mol. The number of aromatic nitrogens is 2. The first-order chi connectivity index (χ1) is 7.85. The molecule has 0 aliphatic rings. The molecule has 0 saturated carbocycles. The Kier molecular flexibility index (Phi) is 3.31. The lowest BCUT2D eigenvalue weighted by Crippen LogP contribution is -2.15. The van der Waals surface area contributed by atoms with Crippen LogP contribution in [0, 0.1) is 0 Å². The molecule has 0 aliphatic carbocycles. The van der Waals surface area contributed by atoms with E-state index in [2.05, 4.69) is 22.4 Å². The maximum absolute atomic E-state index is 5.24. The molecule has 1 heterocycles. The minimum atomic E-state index is 0.130. The third-order valence-corrected chi connectivity index (χ3v) is 2.53. The molecule has 0 amide bonds. The van der Waals surface area contributed by atoms with Gasteiger partial charge in [0.05, 0.1) is 6.04 Å². The van der Waals surface area contributed by atoms with Crippen molar-refractivity contribution >= 4 is 0 Å². The van der Waals surface area contributed by atoms with Crippen LogP contribution in [0.3, 0.4) is 0 Å². The molecule has 1 aromatic heterocycles. The summed E-state index contributed by atoms with van der Waals surface area (Å²) in [6, 6.07) is 9.95. The maximum atomic E-state index is 5.24. The molecular weight excluding hydrogens is 202 g/mol. The van der Waals surface area contributed by atoms with E-state index in [1.165, 1.54) is 0 Å². The fourth-order valence-corrected chi connectivity index (χ4v) is 1.58. The van der Waals surface area contributed by atoms with Gasteiger partial charge >= 0.3 is 0 Å². The Morgan fingerprint density at radius 2 is 2.06 bits per heavy atom. The Hall–Kier alpha value is -1.68. The van der Waals surface area contributed by atoms with E-state index in [-0.39, 0.29) is 6.04 Å². The van der Waals surface area contributed by atoms with Crippen molar-refractivity contribution in [2.45, 2.75) is 19.4 Å². The fourth-order valence-electron chi connectivity index (χ4n) is 1.58. The van der Waals surface area contributed by atoms with Crippen LogP contribution < -0.4 is 5.32 Å². The zero-order valence-corrected chi connectivity index (χ0v) is 9.47. The summed E-state index contributed by atoms with van der Waals surface area (Å²) in [6.45, 7) is 2.08. The molecule has 0 spiro atoms. The van der Waals surface area contributed by atoms with Crippen LogP contribution in [0.4, 0.5) is 0 Å². The van der Waals surface area contributed by atoms with Crippen molar-refractivity contribution < 1.29 is 4.52 Å². The summed E-state index contributed by atoms with van der Waals surface area (Å²) in [5.74, 6) is 1.29. The van der Waals surface area contributed by atoms with Crippen LogP contribution >= 0.6 is 0 Å². The highest BCUT2D eigenvalue weighted by atomic mass is 16.5. The number of hydrogen-bond acceptors (Lipinski definition) is 4. The van der Waals surface area contributed by atoms with Gasteiger partial charge < -0.3 is 9.84 Å². The zero-order valence-electron chi connectivity index (χ0n) is 9.47. The smallest absolute Gasteiger partial charge is 0.244 e. The standard InChI is InChI=1S/C12H15N3O/c1-3-10(13-2)12-14-11(15-16-12)9-7-5-4-6-8-9/h4-8,10,13H,3H2,1-2H3. The molecule has 2 rings (SSSR count). The molecule has 0 aliphatic heterocycles. The van der Waals surface area contributed by atoms with Crippen molar-refractivity contribution in [3.63, 3.8) is 0 Å². The van der Waals surface area contributed by atoms with E-state index in [1.54, 1.807) is 0 Å². The minimum Gasteiger partial charge on any atom is -0.337 e. The van der Waals surface area contributed by atoms with E-state index in [0.717, 1.165) is 12.0 Å². The van der Waals surface area contributed by atoms with Gasteiger partial charge in [0.15, 0.2) is 0 Å². The van der Waals surface area contributed by atoms with E-state index in [1.807, 2.05) is 37.4 Å². The lowest BCUT2D eigenvalue weighted by molar-refractivity contribution is 0.334. The maximum Gasteiger partial charge on any atom is 0.244 e. The van der Waals surface area contributed by atoms with Crippen LogP contribution in [0.1, 0.15) is 25.3 Å². The predicted octanol–water partition coefficient (Wildman–Crippen LogP) is 2.41. The molecule has 1 atom stereocenters. The lowest BCUT2D eigenvalue weighted by atomic mass is 10.2. The first-order valence-corrected chi connectivity index (χ1v) is 5.41. The van der Waals surface area contributed by atoms with Crippen LogP contribution in [-0.2, 0) is 0 Å². The van der Waals surface area contributed by atoms with Crippen molar-refractivity contribution in [1.29, 1.82) is 0 Å². The second kappa shape index (κ2) is 4.90. The van der Waals surface area contributed by atoms with Gasteiger partial charge in [0.1, 0.15) is 0 Å². The highest BCUT2D eigenvalue weighted by Crippen LogP contribution is 2.19. The molecule has 0 saturated heterocycles. The van der Waals surface area contributed by atoms with E-state index in [4.69, 9.17) is 4.52 Å². The van der Waals surface area contributed by atoms with E-state index in [9.17, 15) is 0 Å². The SMILES string of the molecule is CCC(NC)c1nc(-c2ccccc2)no1. The van der Waals surface area contributed by atoms with Crippen LogP contribution in [0.25, 0.3) is 11.4 Å². The van der Waals surface area contributed by atoms with Gasteiger partial charge in [0, 0.05) is 5.56 Å². The Morgan fingerprint density at radius 1 is 1.31 bits per heavy atom. The van der Waals surface area contributed by atoms with Crippen LogP contribution in [0.5, 0.6) is 0 Å². The highest BCUT2D eigenvalue weighted by Gasteiger charge is 2.15. The van der Waals surface area contributed by atoms with Gasteiger partial charge in [-0.2, -0.15) is 4.98 Å². The number of hydrogen-bond donors (Lipinski definition) is 1. The highest BCUT2D eigenvalue weighted by molar-refractivity contribution is 5.53. The van der Waals surface area contributed by atoms with Crippen LogP contribution in [0.15, 0.2) is 34.9 Å². The zero-order chi connectivity index (χ0) is 11.4. The molecule has 2 aromatic rings. The fraction of sp³-hybridized carbons (Fsp3) is 0.333. The number of nitrogens with zero attached hydrogens (tertiary/aromatic N) is 2. The number of nitrogens with one attached hydrogen (secondary N) is 1. The summed E-state index contributed by atoms with van der Waals surface area (Å²) in [7, 11) is 1.89. The van der Waals surface area contributed by atoms with Crippen molar-refractivity contribution in [2.75, 3.05) is 7.05 Å². The van der Waals surface area contributed by atoms with Gasteiger partial charge in [-0.3, -0.25) is 0 Å². The molecule has 16 heavy (non-hydrogen) atoms. The Labute approximate surface area is 94.7 Å². The molecule has 4 nitrogen and oxygen atoms in total. The van der Waals surface area contributed by atoms with Gasteiger partial charge in [-0.05, 0) is 13.5 Å². The molecule has 1 unspecified atom stereocenters. The van der Waals surface area contributed by atoms with Gasteiger partial charge in [-0.1, -0.05) is 42.4 Å². The Bertz CT molecular complexity index is 435. The molecule has 0 radical (unpaired) electrons. The summed E-state index contributed by atoms with van der Waals surface area (Å²) in [5, 5.41) is 7.11. The molecule has 0 fully saturated rings. The average Bonchev–Trinajstić information content (AvgIpc) is 2.81. The second-order valence-corrected chi connectivity index (χ2v) is 3.57. The van der Waals surface area contributed by atoms with Crippen LogP contribution in [0.2, 0.25) is 0 Å². The van der Waals surface area contributed by atoms with Gasteiger partial charge in [-0.25, -0.2) is 0 Å². The molecule has 1 aromatic carbocycles. The van der Waals surface area contributed by atoms with Gasteiger partial charge in [0.2, 0.25) is 11.7 Å². The van der Waals surface area contributed by atoms with Gasteiger partial charge in [-0.15, -0.1) is 0 Å². The summed E-state index contributed by atoms with van der Waals surface area (Å²) in [6.07, 6.45) is 0.924.